The molecular formula is C18H21ClFN5O2. The van der Waals surface area contributed by atoms with Crippen LogP contribution in [0.5, 0.6) is 5.75 Å². The summed E-state index contributed by atoms with van der Waals surface area (Å²) in [6, 6.07) is 4.06. The number of carbonyl (C=O) groups excluding carboxylic acids is 1. The molecule has 9 heteroatoms. The monoisotopic (exact) mass is 393 g/mol. The Bertz CT molecular complexity index is 835. The van der Waals surface area contributed by atoms with Crippen molar-refractivity contribution in [2.45, 2.75) is 31.8 Å². The van der Waals surface area contributed by atoms with E-state index in [2.05, 4.69) is 20.1 Å². The predicted octanol–water partition coefficient (Wildman–Crippen LogP) is 1.96. The number of nitrogens with one attached hydrogen (secondary N) is 1. The van der Waals surface area contributed by atoms with E-state index in [-0.39, 0.29) is 17.5 Å². The molecular weight excluding hydrogens is 373 g/mol. The van der Waals surface area contributed by atoms with E-state index >= 15 is 0 Å². The van der Waals surface area contributed by atoms with Crippen LogP contribution in [0.25, 0.3) is 0 Å². The van der Waals surface area contributed by atoms with Gasteiger partial charge in [0.15, 0.2) is 6.61 Å². The van der Waals surface area contributed by atoms with Crippen molar-refractivity contribution < 1.29 is 13.9 Å². The highest BCUT2D eigenvalue weighted by molar-refractivity contribution is 6.30. The maximum atomic E-state index is 13.2. The third-order valence-electron chi connectivity index (χ3n) is 5.12. The molecule has 1 aromatic heterocycles. The van der Waals surface area contributed by atoms with Gasteiger partial charge in [0.25, 0.3) is 5.91 Å². The molecule has 2 aliphatic rings. The van der Waals surface area contributed by atoms with Crippen LogP contribution in [0.15, 0.2) is 18.2 Å². The van der Waals surface area contributed by atoms with Gasteiger partial charge in [-0.1, -0.05) is 11.6 Å². The van der Waals surface area contributed by atoms with E-state index in [1.165, 1.54) is 18.2 Å². The smallest absolute Gasteiger partial charge is 0.260 e. The minimum atomic E-state index is -0.510. The molecule has 1 aromatic carbocycles. The zero-order valence-electron chi connectivity index (χ0n) is 14.8. The van der Waals surface area contributed by atoms with Gasteiger partial charge in [0, 0.05) is 38.2 Å². The van der Waals surface area contributed by atoms with Crippen LogP contribution in [0.3, 0.4) is 0 Å². The Morgan fingerprint density at radius 1 is 1.30 bits per heavy atom. The Balaban J connectivity index is 1.30. The summed E-state index contributed by atoms with van der Waals surface area (Å²) in [6.07, 6.45) is 1.72. The molecule has 0 bridgehead atoms. The largest absolute Gasteiger partial charge is 0.484 e. The summed E-state index contributed by atoms with van der Waals surface area (Å²) in [7, 11) is 0. The molecule has 3 heterocycles. The van der Waals surface area contributed by atoms with Crippen molar-refractivity contribution in [2.24, 2.45) is 0 Å². The quantitative estimate of drug-likeness (QED) is 0.859. The summed E-state index contributed by atoms with van der Waals surface area (Å²) in [6.45, 7) is 3.83. The van der Waals surface area contributed by atoms with E-state index in [1.54, 1.807) is 4.90 Å². The van der Waals surface area contributed by atoms with Crippen molar-refractivity contribution in [3.63, 3.8) is 0 Å². The molecule has 0 unspecified atom stereocenters. The Labute approximate surface area is 161 Å². The molecule has 1 amide bonds. The Morgan fingerprint density at radius 2 is 2.11 bits per heavy atom. The Hall–Kier alpha value is -2.19. The second kappa shape index (κ2) is 7.82. The van der Waals surface area contributed by atoms with Crippen molar-refractivity contribution >= 4 is 17.5 Å². The number of hydrogen-bond acceptors (Lipinski definition) is 5. The van der Waals surface area contributed by atoms with E-state index in [1.807, 2.05) is 0 Å². The molecule has 144 valence electrons. The fourth-order valence-corrected chi connectivity index (χ4v) is 3.78. The Morgan fingerprint density at radius 3 is 2.89 bits per heavy atom. The zero-order valence-corrected chi connectivity index (χ0v) is 15.6. The number of nitrogens with zero attached hydrogens (tertiary/aromatic N) is 4. The SMILES string of the molecule is O=C(COc1ccc(F)c(Cl)c1)N1CCC(c2nnc3n2CCNC3)CC1. The molecule has 27 heavy (non-hydrogen) atoms. The highest BCUT2D eigenvalue weighted by atomic mass is 35.5. The molecule has 0 saturated carbocycles. The second-order valence-corrected chi connectivity index (χ2v) is 7.23. The van der Waals surface area contributed by atoms with Crippen LogP contribution in [0.2, 0.25) is 5.02 Å². The van der Waals surface area contributed by atoms with Crippen molar-refractivity contribution in [1.29, 1.82) is 0 Å². The number of halogens is 2. The highest BCUT2D eigenvalue weighted by Gasteiger charge is 2.28. The molecule has 1 saturated heterocycles. The molecule has 0 aliphatic carbocycles. The standard InChI is InChI=1S/C18H21ClFN5O2/c19-14-9-13(1-2-15(14)20)27-11-17(26)24-6-3-12(4-7-24)18-23-22-16-10-21-5-8-25(16)18/h1-2,9,12,21H,3-8,10-11H2. The van der Waals surface area contributed by atoms with E-state index in [0.717, 1.165) is 44.1 Å². The maximum Gasteiger partial charge on any atom is 0.260 e. The number of carbonyl (C=O) groups is 1. The number of rotatable bonds is 4. The van der Waals surface area contributed by atoms with E-state index in [9.17, 15) is 9.18 Å². The molecule has 1 N–H and O–H groups in total. The third-order valence-corrected chi connectivity index (χ3v) is 5.41. The first-order chi connectivity index (χ1) is 13.1. The molecule has 0 spiro atoms. The summed E-state index contributed by atoms with van der Waals surface area (Å²) >= 11 is 5.73. The molecule has 1 fully saturated rings. The molecule has 0 atom stereocenters. The van der Waals surface area contributed by atoms with E-state index < -0.39 is 5.82 Å². The molecule has 2 aromatic rings. The fraction of sp³-hybridized carbons (Fsp3) is 0.500. The van der Waals surface area contributed by atoms with Gasteiger partial charge >= 0.3 is 0 Å². The van der Waals surface area contributed by atoms with Crippen LogP contribution in [0, 0.1) is 5.82 Å². The average molecular weight is 394 g/mol. The van der Waals surface area contributed by atoms with E-state index in [4.69, 9.17) is 16.3 Å². The van der Waals surface area contributed by atoms with Gasteiger partial charge in [0.05, 0.1) is 11.6 Å². The lowest BCUT2D eigenvalue weighted by Gasteiger charge is -2.32. The zero-order chi connectivity index (χ0) is 18.8. The first-order valence-corrected chi connectivity index (χ1v) is 9.48. The van der Waals surface area contributed by atoms with Crippen LogP contribution in [-0.2, 0) is 17.9 Å². The second-order valence-electron chi connectivity index (χ2n) is 6.82. The lowest BCUT2D eigenvalue weighted by Crippen LogP contribution is -2.41. The summed E-state index contributed by atoms with van der Waals surface area (Å²) in [5.41, 5.74) is 0. The average Bonchev–Trinajstić information content (AvgIpc) is 3.13. The van der Waals surface area contributed by atoms with Gasteiger partial charge in [0.2, 0.25) is 0 Å². The predicted molar refractivity (Wildman–Crippen MR) is 97.2 cm³/mol. The molecule has 7 nitrogen and oxygen atoms in total. The number of hydrogen-bond donors (Lipinski definition) is 1. The minimum Gasteiger partial charge on any atom is -0.484 e. The number of fused-ring (bicyclic) bond motifs is 1. The summed E-state index contributed by atoms with van der Waals surface area (Å²) in [5.74, 6) is 2.14. The number of benzene rings is 1. The number of piperidine rings is 1. The van der Waals surface area contributed by atoms with Gasteiger partial charge in [0.1, 0.15) is 23.2 Å². The number of amides is 1. The minimum absolute atomic E-state index is 0.0207. The van der Waals surface area contributed by atoms with Gasteiger partial charge in [-0.05, 0) is 25.0 Å². The summed E-state index contributed by atoms with van der Waals surface area (Å²) < 4.78 is 20.8. The van der Waals surface area contributed by atoms with Crippen molar-refractivity contribution in [1.82, 2.24) is 25.0 Å². The fourth-order valence-electron chi connectivity index (χ4n) is 3.61. The van der Waals surface area contributed by atoms with Crippen LogP contribution in [0.4, 0.5) is 4.39 Å². The topological polar surface area (TPSA) is 72.3 Å². The first-order valence-electron chi connectivity index (χ1n) is 9.10. The van der Waals surface area contributed by atoms with Crippen LogP contribution >= 0.6 is 11.6 Å². The lowest BCUT2D eigenvalue weighted by molar-refractivity contribution is -0.134. The van der Waals surface area contributed by atoms with Gasteiger partial charge in [-0.15, -0.1) is 10.2 Å². The van der Waals surface area contributed by atoms with Crippen molar-refractivity contribution in [3.05, 3.63) is 40.7 Å². The molecule has 4 rings (SSSR count). The van der Waals surface area contributed by atoms with Crippen LogP contribution in [-0.4, -0.2) is 51.8 Å². The van der Waals surface area contributed by atoms with Crippen molar-refractivity contribution in [3.8, 4) is 5.75 Å². The van der Waals surface area contributed by atoms with Crippen LogP contribution in [0.1, 0.15) is 30.4 Å². The number of aromatic nitrogens is 3. The summed E-state index contributed by atoms with van der Waals surface area (Å²) in [5, 5.41) is 11.9. The number of likely N-dealkylation sites (tertiary alicyclic amines) is 1. The van der Waals surface area contributed by atoms with Gasteiger partial charge in [-0.2, -0.15) is 0 Å². The molecule has 0 radical (unpaired) electrons. The normalized spacial score (nSPS) is 17.6. The summed E-state index contributed by atoms with van der Waals surface area (Å²) in [4.78, 5) is 14.2. The number of ether oxygens (including phenoxy) is 1. The highest BCUT2D eigenvalue weighted by Crippen LogP contribution is 2.28. The van der Waals surface area contributed by atoms with Crippen molar-refractivity contribution in [2.75, 3.05) is 26.2 Å². The van der Waals surface area contributed by atoms with Crippen LogP contribution < -0.4 is 10.1 Å². The molecule has 2 aliphatic heterocycles. The van der Waals surface area contributed by atoms with E-state index in [0.29, 0.717) is 24.8 Å². The Kier molecular flexibility index (Phi) is 5.27. The van der Waals surface area contributed by atoms with Gasteiger partial charge < -0.3 is 19.5 Å². The van der Waals surface area contributed by atoms with Gasteiger partial charge in [-0.3, -0.25) is 4.79 Å². The maximum absolute atomic E-state index is 13.2. The lowest BCUT2D eigenvalue weighted by atomic mass is 9.95. The third kappa shape index (κ3) is 3.91. The first kappa shape index (κ1) is 18.2. The van der Waals surface area contributed by atoms with Gasteiger partial charge in [-0.25, -0.2) is 4.39 Å².